The number of carbonyl (C=O) groups excluding carboxylic acids is 2. The molecule has 0 aliphatic heterocycles. The lowest BCUT2D eigenvalue weighted by Crippen LogP contribution is -2.46. The number of guanidine groups is 1. The number of carbonyl (C=O) groups is 3. The molecule has 0 radical (unpaired) electrons. The summed E-state index contributed by atoms with van der Waals surface area (Å²) in [5, 5.41) is 26.4. The summed E-state index contributed by atoms with van der Waals surface area (Å²) in [5.41, 5.74) is 18.1. The molecule has 0 aromatic heterocycles. The number of aliphatic carboxylic acids is 1. The van der Waals surface area contributed by atoms with Crippen LogP contribution in [0.3, 0.4) is 0 Å². The second-order valence-electron chi connectivity index (χ2n) is 9.22. The molecule has 0 bridgehead atoms. The maximum absolute atomic E-state index is 13.1. The van der Waals surface area contributed by atoms with Gasteiger partial charge in [-0.15, -0.1) is 0 Å². The summed E-state index contributed by atoms with van der Waals surface area (Å²) >= 11 is 0. The van der Waals surface area contributed by atoms with E-state index in [1.165, 1.54) is 12.1 Å². The summed E-state index contributed by atoms with van der Waals surface area (Å²) in [7, 11) is 0. The van der Waals surface area contributed by atoms with Gasteiger partial charge in [0.05, 0.1) is 18.5 Å². The number of nitrogens with two attached hydrogens (primary N) is 3. The molecule has 3 atom stereocenters. The SMILES string of the molecule is NC(N)=NCCC[C@H](N)C(=O)N[C@@H](CC(=O)N[C@@H](Cc1ccc(O)cc1)C(=O)O)c1cccc2ccccc12. The molecule has 0 fully saturated rings. The van der Waals surface area contributed by atoms with Crippen LogP contribution >= 0.6 is 0 Å². The monoisotopic (exact) mass is 534 g/mol. The summed E-state index contributed by atoms with van der Waals surface area (Å²) in [6, 6.07) is 16.4. The normalized spacial score (nSPS) is 13.2. The molecule has 0 spiro atoms. The Balaban J connectivity index is 1.78. The van der Waals surface area contributed by atoms with Crippen molar-refractivity contribution in [2.75, 3.05) is 6.54 Å². The van der Waals surface area contributed by atoms with E-state index < -0.39 is 35.9 Å². The molecular formula is C28H34N6O5. The van der Waals surface area contributed by atoms with Crippen molar-refractivity contribution in [3.63, 3.8) is 0 Å². The maximum atomic E-state index is 13.1. The molecule has 0 heterocycles. The molecular weight excluding hydrogens is 500 g/mol. The smallest absolute Gasteiger partial charge is 0.326 e. The Bertz CT molecular complexity index is 1320. The van der Waals surface area contributed by atoms with Crippen LogP contribution < -0.4 is 27.8 Å². The van der Waals surface area contributed by atoms with Gasteiger partial charge in [-0.1, -0.05) is 54.6 Å². The quantitative estimate of drug-likeness (QED) is 0.0963. The fourth-order valence-corrected chi connectivity index (χ4v) is 4.23. The number of fused-ring (bicyclic) bond motifs is 1. The van der Waals surface area contributed by atoms with Crippen LogP contribution in [0.4, 0.5) is 0 Å². The van der Waals surface area contributed by atoms with Crippen molar-refractivity contribution in [2.24, 2.45) is 22.2 Å². The first-order valence-corrected chi connectivity index (χ1v) is 12.5. The van der Waals surface area contributed by atoms with Gasteiger partial charge in [-0.3, -0.25) is 14.6 Å². The fourth-order valence-electron chi connectivity index (χ4n) is 4.23. The summed E-state index contributed by atoms with van der Waals surface area (Å²) in [4.78, 5) is 41.9. The summed E-state index contributed by atoms with van der Waals surface area (Å²) < 4.78 is 0. The minimum atomic E-state index is -1.20. The van der Waals surface area contributed by atoms with E-state index in [0.29, 0.717) is 30.5 Å². The molecule has 11 nitrogen and oxygen atoms in total. The highest BCUT2D eigenvalue weighted by Gasteiger charge is 2.26. The molecule has 11 heteroatoms. The van der Waals surface area contributed by atoms with Crippen molar-refractivity contribution in [3.05, 3.63) is 77.9 Å². The van der Waals surface area contributed by atoms with Gasteiger partial charge < -0.3 is 38.0 Å². The van der Waals surface area contributed by atoms with Crippen LogP contribution in [0.1, 0.15) is 36.4 Å². The Kier molecular flexibility index (Phi) is 10.2. The number of amides is 2. The van der Waals surface area contributed by atoms with E-state index in [1.807, 2.05) is 42.5 Å². The van der Waals surface area contributed by atoms with Gasteiger partial charge in [-0.2, -0.15) is 0 Å². The van der Waals surface area contributed by atoms with E-state index in [2.05, 4.69) is 15.6 Å². The van der Waals surface area contributed by atoms with Crippen molar-refractivity contribution in [3.8, 4) is 5.75 Å². The topological polar surface area (TPSA) is 206 Å². The van der Waals surface area contributed by atoms with Gasteiger partial charge in [0.25, 0.3) is 0 Å². The number of nitrogens with zero attached hydrogens (tertiary/aromatic N) is 1. The number of phenols is 1. The zero-order valence-corrected chi connectivity index (χ0v) is 21.4. The zero-order valence-electron chi connectivity index (χ0n) is 21.4. The Labute approximate surface area is 226 Å². The van der Waals surface area contributed by atoms with Crippen molar-refractivity contribution >= 4 is 34.5 Å². The number of carboxylic acids is 1. The summed E-state index contributed by atoms with van der Waals surface area (Å²) in [6.45, 7) is 0.329. The fraction of sp³-hybridized carbons (Fsp3) is 0.286. The zero-order chi connectivity index (χ0) is 28.4. The van der Waals surface area contributed by atoms with Gasteiger partial charge in [0.1, 0.15) is 11.8 Å². The lowest BCUT2D eigenvalue weighted by Gasteiger charge is -2.24. The van der Waals surface area contributed by atoms with Crippen molar-refractivity contribution < 1.29 is 24.6 Å². The second-order valence-corrected chi connectivity index (χ2v) is 9.22. The molecule has 3 aromatic carbocycles. The molecule has 0 aliphatic carbocycles. The molecule has 3 rings (SSSR count). The lowest BCUT2D eigenvalue weighted by atomic mass is 9.95. The molecule has 0 unspecified atom stereocenters. The Morgan fingerprint density at radius 2 is 1.62 bits per heavy atom. The van der Waals surface area contributed by atoms with Crippen LogP contribution in [0.15, 0.2) is 71.7 Å². The molecule has 2 amide bonds. The first-order valence-electron chi connectivity index (χ1n) is 12.5. The number of nitrogens with one attached hydrogen (secondary N) is 2. The third kappa shape index (κ3) is 8.71. The number of hydrogen-bond acceptors (Lipinski definition) is 6. The molecule has 0 saturated carbocycles. The van der Waals surface area contributed by atoms with E-state index in [0.717, 1.165) is 10.8 Å². The number of aromatic hydroxyl groups is 1. The van der Waals surface area contributed by atoms with Crippen molar-refractivity contribution in [1.29, 1.82) is 0 Å². The molecule has 0 aliphatic rings. The number of phenolic OH excluding ortho intramolecular Hbond substituents is 1. The lowest BCUT2D eigenvalue weighted by molar-refractivity contribution is -0.142. The molecule has 39 heavy (non-hydrogen) atoms. The predicted octanol–water partition coefficient (Wildman–Crippen LogP) is 1.29. The van der Waals surface area contributed by atoms with E-state index in [4.69, 9.17) is 17.2 Å². The van der Waals surface area contributed by atoms with E-state index in [-0.39, 0.29) is 24.6 Å². The first kappa shape index (κ1) is 28.9. The number of rotatable bonds is 13. The Morgan fingerprint density at radius 1 is 0.923 bits per heavy atom. The van der Waals surface area contributed by atoms with Crippen LogP contribution in [0.25, 0.3) is 10.8 Å². The highest BCUT2D eigenvalue weighted by atomic mass is 16.4. The van der Waals surface area contributed by atoms with Gasteiger partial charge in [-0.05, 0) is 46.9 Å². The first-order chi connectivity index (χ1) is 18.6. The van der Waals surface area contributed by atoms with Gasteiger partial charge in [0, 0.05) is 13.0 Å². The van der Waals surface area contributed by atoms with Crippen LogP contribution in [-0.4, -0.2) is 52.6 Å². The second kappa shape index (κ2) is 13.8. The highest BCUT2D eigenvalue weighted by molar-refractivity contribution is 5.90. The van der Waals surface area contributed by atoms with Crippen molar-refractivity contribution in [1.82, 2.24) is 10.6 Å². The van der Waals surface area contributed by atoms with Crippen LogP contribution in [0.2, 0.25) is 0 Å². The minimum absolute atomic E-state index is 0.0211. The van der Waals surface area contributed by atoms with Crippen LogP contribution in [0.5, 0.6) is 5.75 Å². The van der Waals surface area contributed by atoms with Crippen molar-refractivity contribution in [2.45, 2.75) is 43.8 Å². The Hall–Kier alpha value is -4.64. The van der Waals surface area contributed by atoms with Crippen LogP contribution in [-0.2, 0) is 20.8 Å². The maximum Gasteiger partial charge on any atom is 0.326 e. The number of hydrogen-bond donors (Lipinski definition) is 7. The number of carboxylic acid groups (broad SMARTS) is 1. The minimum Gasteiger partial charge on any atom is -0.508 e. The summed E-state index contributed by atoms with van der Waals surface area (Å²) in [5.74, 6) is -2.20. The average molecular weight is 535 g/mol. The Morgan fingerprint density at radius 3 is 2.31 bits per heavy atom. The average Bonchev–Trinajstić information content (AvgIpc) is 2.90. The van der Waals surface area contributed by atoms with Gasteiger partial charge in [-0.25, -0.2) is 4.79 Å². The molecule has 0 saturated heterocycles. The number of aliphatic imine (C=N–C) groups is 1. The van der Waals surface area contributed by atoms with Gasteiger partial charge >= 0.3 is 5.97 Å². The third-order valence-corrected chi connectivity index (χ3v) is 6.22. The third-order valence-electron chi connectivity index (χ3n) is 6.22. The van der Waals surface area contributed by atoms with Gasteiger partial charge in [0.2, 0.25) is 11.8 Å². The van der Waals surface area contributed by atoms with E-state index in [9.17, 15) is 24.6 Å². The van der Waals surface area contributed by atoms with E-state index in [1.54, 1.807) is 12.1 Å². The molecule has 3 aromatic rings. The van der Waals surface area contributed by atoms with Gasteiger partial charge in [0.15, 0.2) is 5.96 Å². The highest BCUT2D eigenvalue weighted by Crippen LogP contribution is 2.27. The predicted molar refractivity (Wildman–Crippen MR) is 149 cm³/mol. The van der Waals surface area contributed by atoms with E-state index >= 15 is 0 Å². The standard InChI is InChI=1S/C28H34N6O5/c29-22(9-4-14-32-28(30)31)26(37)34-23(21-8-3-6-18-5-1-2-7-20(18)21)16-25(36)33-24(27(38)39)15-17-10-12-19(35)13-11-17/h1-3,5-8,10-13,22-24,35H,4,9,14-16,29H2,(H,33,36)(H,34,37)(H,38,39)(H4,30,31,32)/t22-,23-,24-/m0/s1. The van der Waals surface area contributed by atoms with Crippen LogP contribution in [0, 0.1) is 0 Å². The number of benzene rings is 3. The molecule has 206 valence electrons. The largest absolute Gasteiger partial charge is 0.508 e. The molecule has 10 N–H and O–H groups in total. The summed E-state index contributed by atoms with van der Waals surface area (Å²) in [6.07, 6.45) is 0.626.